The minimum Gasteiger partial charge on any atom is -0.484 e. The highest BCUT2D eigenvalue weighted by molar-refractivity contribution is 5.92. The number of primary amides is 1. The lowest BCUT2D eigenvalue weighted by Gasteiger charge is -2.30. The summed E-state index contributed by atoms with van der Waals surface area (Å²) in [5.74, 6) is 0.793. The molecular weight excluding hydrogens is 256 g/mol. The maximum atomic E-state index is 12.0. The van der Waals surface area contributed by atoms with Gasteiger partial charge in [-0.25, -0.2) is 0 Å². The third kappa shape index (κ3) is 3.73. The number of amides is 2. The van der Waals surface area contributed by atoms with Gasteiger partial charge in [-0.15, -0.1) is 0 Å². The average molecular weight is 276 g/mol. The molecule has 1 aliphatic rings. The van der Waals surface area contributed by atoms with Crippen LogP contribution >= 0.6 is 0 Å². The number of ether oxygens (including phenoxy) is 1. The summed E-state index contributed by atoms with van der Waals surface area (Å²) in [5, 5.41) is 0. The summed E-state index contributed by atoms with van der Waals surface area (Å²) in [6.45, 7) is 3.86. The van der Waals surface area contributed by atoms with Crippen LogP contribution in [-0.2, 0) is 4.79 Å². The summed E-state index contributed by atoms with van der Waals surface area (Å²) >= 11 is 0. The van der Waals surface area contributed by atoms with Gasteiger partial charge in [0.2, 0.25) is 5.91 Å². The Hall–Kier alpha value is -2.04. The molecule has 0 unspecified atom stereocenters. The Morgan fingerprint density at radius 2 is 1.85 bits per heavy atom. The fraction of sp³-hybridized carbons (Fsp3) is 0.467. The maximum absolute atomic E-state index is 12.0. The first-order valence-corrected chi connectivity index (χ1v) is 6.86. The lowest BCUT2D eigenvalue weighted by Crippen LogP contribution is -2.40. The van der Waals surface area contributed by atoms with Crippen molar-refractivity contribution in [1.29, 1.82) is 0 Å². The van der Waals surface area contributed by atoms with E-state index in [9.17, 15) is 9.59 Å². The van der Waals surface area contributed by atoms with Crippen LogP contribution in [0.3, 0.4) is 0 Å². The van der Waals surface area contributed by atoms with E-state index in [1.165, 1.54) is 0 Å². The molecule has 2 N–H and O–H groups in total. The molecule has 20 heavy (non-hydrogen) atoms. The third-order valence-corrected chi connectivity index (χ3v) is 3.64. The fourth-order valence-electron chi connectivity index (χ4n) is 2.21. The SMILES string of the molecule is CC1CCN(C(=O)COc2ccc(C(N)=O)cc2)CC1. The number of nitrogens with zero attached hydrogens (tertiary/aromatic N) is 1. The van der Waals surface area contributed by atoms with Crippen LogP contribution in [0.2, 0.25) is 0 Å². The molecule has 2 rings (SSSR count). The number of benzene rings is 1. The second-order valence-electron chi connectivity index (χ2n) is 5.24. The minimum absolute atomic E-state index is 0.0101. The van der Waals surface area contributed by atoms with Gasteiger partial charge in [0, 0.05) is 18.7 Å². The first-order chi connectivity index (χ1) is 9.56. The Labute approximate surface area is 118 Å². The molecule has 2 amide bonds. The van der Waals surface area contributed by atoms with Gasteiger partial charge in [0.15, 0.2) is 6.61 Å². The Morgan fingerprint density at radius 3 is 2.40 bits per heavy atom. The van der Waals surface area contributed by atoms with Crippen molar-refractivity contribution in [3.8, 4) is 5.75 Å². The highest BCUT2D eigenvalue weighted by Gasteiger charge is 2.20. The second kappa shape index (κ2) is 6.41. The highest BCUT2D eigenvalue weighted by atomic mass is 16.5. The smallest absolute Gasteiger partial charge is 0.260 e. The number of piperidine rings is 1. The van der Waals surface area contributed by atoms with Crippen LogP contribution in [-0.4, -0.2) is 36.4 Å². The lowest BCUT2D eigenvalue weighted by molar-refractivity contribution is -0.134. The largest absolute Gasteiger partial charge is 0.484 e. The normalized spacial score (nSPS) is 15.9. The summed E-state index contributed by atoms with van der Waals surface area (Å²) in [6.07, 6.45) is 2.11. The van der Waals surface area contributed by atoms with Gasteiger partial charge in [-0.05, 0) is 43.0 Å². The average Bonchev–Trinajstić information content (AvgIpc) is 2.46. The van der Waals surface area contributed by atoms with Crippen molar-refractivity contribution in [2.45, 2.75) is 19.8 Å². The van der Waals surface area contributed by atoms with Gasteiger partial charge in [-0.3, -0.25) is 9.59 Å². The summed E-state index contributed by atoms with van der Waals surface area (Å²) in [4.78, 5) is 24.8. The molecular formula is C15H20N2O3. The van der Waals surface area contributed by atoms with Crippen LogP contribution in [0.5, 0.6) is 5.75 Å². The molecule has 1 fully saturated rings. The first-order valence-electron chi connectivity index (χ1n) is 6.86. The van der Waals surface area contributed by atoms with Crippen molar-refractivity contribution in [3.63, 3.8) is 0 Å². The molecule has 0 radical (unpaired) electrons. The zero-order valence-corrected chi connectivity index (χ0v) is 11.7. The lowest BCUT2D eigenvalue weighted by atomic mass is 9.99. The minimum atomic E-state index is -0.477. The van der Waals surface area contributed by atoms with Gasteiger partial charge in [0.05, 0.1) is 0 Å². The number of carbonyl (C=O) groups excluding carboxylic acids is 2. The second-order valence-corrected chi connectivity index (χ2v) is 5.24. The zero-order chi connectivity index (χ0) is 14.5. The maximum Gasteiger partial charge on any atom is 0.260 e. The van der Waals surface area contributed by atoms with E-state index in [4.69, 9.17) is 10.5 Å². The number of likely N-dealkylation sites (tertiary alicyclic amines) is 1. The van der Waals surface area contributed by atoms with Gasteiger partial charge < -0.3 is 15.4 Å². The number of carbonyl (C=O) groups is 2. The Balaban J connectivity index is 1.82. The Morgan fingerprint density at radius 1 is 1.25 bits per heavy atom. The van der Waals surface area contributed by atoms with E-state index in [0.717, 1.165) is 25.9 Å². The van der Waals surface area contributed by atoms with E-state index < -0.39 is 5.91 Å². The van der Waals surface area contributed by atoms with Crippen LogP contribution < -0.4 is 10.5 Å². The molecule has 0 spiro atoms. The zero-order valence-electron chi connectivity index (χ0n) is 11.7. The highest BCUT2D eigenvalue weighted by Crippen LogP contribution is 2.17. The van der Waals surface area contributed by atoms with Gasteiger partial charge in [-0.2, -0.15) is 0 Å². The molecule has 5 heteroatoms. The fourth-order valence-corrected chi connectivity index (χ4v) is 2.21. The van der Waals surface area contributed by atoms with Crippen LogP contribution in [0.15, 0.2) is 24.3 Å². The van der Waals surface area contributed by atoms with Crippen molar-refractivity contribution in [1.82, 2.24) is 4.90 Å². The predicted octanol–water partition coefficient (Wildman–Crippen LogP) is 1.42. The van der Waals surface area contributed by atoms with E-state index in [1.807, 2.05) is 4.90 Å². The summed E-state index contributed by atoms with van der Waals surface area (Å²) in [6, 6.07) is 6.47. The van der Waals surface area contributed by atoms with Crippen molar-refractivity contribution >= 4 is 11.8 Å². The quantitative estimate of drug-likeness (QED) is 0.904. The number of rotatable bonds is 4. The predicted molar refractivity (Wildman–Crippen MR) is 75.4 cm³/mol. The van der Waals surface area contributed by atoms with E-state index in [-0.39, 0.29) is 12.5 Å². The van der Waals surface area contributed by atoms with E-state index >= 15 is 0 Å². The summed E-state index contributed by atoms with van der Waals surface area (Å²) in [7, 11) is 0. The molecule has 0 saturated carbocycles. The molecule has 0 aliphatic carbocycles. The number of nitrogens with two attached hydrogens (primary N) is 1. The third-order valence-electron chi connectivity index (χ3n) is 3.64. The molecule has 0 atom stereocenters. The summed E-state index contributed by atoms with van der Waals surface area (Å²) in [5.41, 5.74) is 5.58. The van der Waals surface area contributed by atoms with Crippen LogP contribution in [0.4, 0.5) is 0 Å². The van der Waals surface area contributed by atoms with Gasteiger partial charge in [0.1, 0.15) is 5.75 Å². The molecule has 108 valence electrons. The number of hydrogen-bond acceptors (Lipinski definition) is 3. The number of hydrogen-bond donors (Lipinski definition) is 1. The van der Waals surface area contributed by atoms with Crippen LogP contribution in [0.25, 0.3) is 0 Å². The Bertz CT molecular complexity index is 476. The van der Waals surface area contributed by atoms with Gasteiger partial charge >= 0.3 is 0 Å². The van der Waals surface area contributed by atoms with Gasteiger partial charge in [-0.1, -0.05) is 6.92 Å². The molecule has 0 bridgehead atoms. The molecule has 1 aromatic carbocycles. The van der Waals surface area contributed by atoms with Crippen molar-refractivity contribution in [3.05, 3.63) is 29.8 Å². The standard InChI is InChI=1S/C15H20N2O3/c1-11-6-8-17(9-7-11)14(18)10-20-13-4-2-12(3-5-13)15(16)19/h2-5,11H,6-10H2,1H3,(H2,16,19). The molecule has 1 heterocycles. The van der Waals surface area contributed by atoms with E-state index in [2.05, 4.69) is 6.92 Å². The monoisotopic (exact) mass is 276 g/mol. The molecule has 0 aromatic heterocycles. The first kappa shape index (κ1) is 14.4. The molecule has 1 aliphatic heterocycles. The Kier molecular flexibility index (Phi) is 4.61. The summed E-state index contributed by atoms with van der Waals surface area (Å²) < 4.78 is 5.44. The molecule has 5 nitrogen and oxygen atoms in total. The molecule has 1 aromatic rings. The van der Waals surface area contributed by atoms with E-state index in [1.54, 1.807) is 24.3 Å². The van der Waals surface area contributed by atoms with E-state index in [0.29, 0.717) is 17.2 Å². The van der Waals surface area contributed by atoms with Gasteiger partial charge in [0.25, 0.3) is 5.91 Å². The van der Waals surface area contributed by atoms with Crippen LogP contribution in [0, 0.1) is 5.92 Å². The van der Waals surface area contributed by atoms with Crippen LogP contribution in [0.1, 0.15) is 30.1 Å². The van der Waals surface area contributed by atoms with Crippen molar-refractivity contribution < 1.29 is 14.3 Å². The topological polar surface area (TPSA) is 72.6 Å². The van der Waals surface area contributed by atoms with Crippen molar-refractivity contribution in [2.75, 3.05) is 19.7 Å². The van der Waals surface area contributed by atoms with Crippen molar-refractivity contribution in [2.24, 2.45) is 11.7 Å². The molecule has 1 saturated heterocycles.